The number of rotatable bonds is 3. The molecule has 0 saturated carbocycles. The van der Waals surface area contributed by atoms with Gasteiger partial charge in [-0.3, -0.25) is 4.79 Å². The Labute approximate surface area is 184 Å². The predicted octanol–water partition coefficient (Wildman–Crippen LogP) is 3.21. The minimum absolute atomic E-state index is 0.0474. The molecule has 1 amide bonds. The molecule has 31 heavy (non-hydrogen) atoms. The van der Waals surface area contributed by atoms with E-state index in [1.165, 1.54) is 21.7 Å². The lowest BCUT2D eigenvalue weighted by atomic mass is 10.2. The molecular formula is C22H22N2O5S2. The molecule has 0 bridgehead atoms. The number of thiophene rings is 1. The number of piperazine rings is 1. The van der Waals surface area contributed by atoms with Gasteiger partial charge < -0.3 is 14.4 Å². The van der Waals surface area contributed by atoms with Crippen LogP contribution < -0.4 is 9.47 Å². The van der Waals surface area contributed by atoms with Crippen LogP contribution in [-0.4, -0.2) is 62.9 Å². The maximum Gasteiger partial charge on any atom is 0.264 e. The number of hydrogen-bond donors (Lipinski definition) is 0. The zero-order chi connectivity index (χ0) is 21.4. The van der Waals surface area contributed by atoms with Crippen LogP contribution >= 0.6 is 11.3 Å². The number of ether oxygens (including phenoxy) is 2. The Balaban J connectivity index is 1.29. The van der Waals surface area contributed by atoms with Gasteiger partial charge in [-0.15, -0.1) is 11.3 Å². The molecule has 0 aliphatic carbocycles. The zero-order valence-electron chi connectivity index (χ0n) is 16.8. The molecule has 1 saturated heterocycles. The number of benzene rings is 2. The normalized spacial score (nSPS) is 17.5. The van der Waals surface area contributed by atoms with Crippen LogP contribution in [0.15, 0.2) is 53.4 Å². The third kappa shape index (κ3) is 3.88. The SMILES string of the molecule is O=C(c1cc2ccccc2s1)N1CCN(S(=O)(=O)c2ccc3c(c2)OCCCO3)CC1. The fourth-order valence-electron chi connectivity index (χ4n) is 3.83. The minimum atomic E-state index is -3.68. The Morgan fingerprint density at radius 3 is 2.42 bits per heavy atom. The number of sulfonamides is 1. The van der Waals surface area contributed by atoms with Crippen LogP contribution in [0.1, 0.15) is 16.1 Å². The van der Waals surface area contributed by atoms with Crippen molar-refractivity contribution < 1.29 is 22.7 Å². The van der Waals surface area contributed by atoms with Crippen molar-refractivity contribution in [2.45, 2.75) is 11.3 Å². The van der Waals surface area contributed by atoms with Gasteiger partial charge in [0.05, 0.1) is 23.0 Å². The molecule has 0 unspecified atom stereocenters. The summed E-state index contributed by atoms with van der Waals surface area (Å²) in [6.45, 7) is 2.28. The fourth-order valence-corrected chi connectivity index (χ4v) is 6.30. The summed E-state index contributed by atoms with van der Waals surface area (Å²) < 4.78 is 40.0. The summed E-state index contributed by atoms with van der Waals surface area (Å²) in [7, 11) is -3.68. The highest BCUT2D eigenvalue weighted by molar-refractivity contribution is 7.89. The molecular weight excluding hydrogens is 436 g/mol. The third-order valence-corrected chi connectivity index (χ3v) is 8.52. The van der Waals surface area contributed by atoms with Crippen LogP contribution in [0.25, 0.3) is 10.1 Å². The molecule has 2 aliphatic rings. The molecule has 1 aromatic heterocycles. The van der Waals surface area contributed by atoms with E-state index in [2.05, 4.69) is 0 Å². The van der Waals surface area contributed by atoms with E-state index in [-0.39, 0.29) is 23.9 Å². The van der Waals surface area contributed by atoms with E-state index in [1.54, 1.807) is 17.0 Å². The summed E-state index contributed by atoms with van der Waals surface area (Å²) in [5.74, 6) is 0.973. The van der Waals surface area contributed by atoms with Crippen LogP contribution in [0.5, 0.6) is 11.5 Å². The first-order valence-electron chi connectivity index (χ1n) is 10.2. The Bertz CT molecular complexity index is 1200. The summed E-state index contributed by atoms with van der Waals surface area (Å²) in [4.78, 5) is 15.5. The molecule has 9 heteroatoms. The Kier molecular flexibility index (Phi) is 5.33. The molecule has 0 radical (unpaired) electrons. The van der Waals surface area contributed by atoms with E-state index in [0.29, 0.717) is 42.7 Å². The summed E-state index contributed by atoms with van der Waals surface area (Å²) in [5.41, 5.74) is 0. The van der Waals surface area contributed by atoms with Crippen LogP contribution in [0, 0.1) is 0 Å². The van der Waals surface area contributed by atoms with Gasteiger partial charge in [0, 0.05) is 43.4 Å². The Hall–Kier alpha value is -2.62. The second-order valence-electron chi connectivity index (χ2n) is 7.50. The highest BCUT2D eigenvalue weighted by Gasteiger charge is 2.31. The maximum absolute atomic E-state index is 13.2. The quantitative estimate of drug-likeness (QED) is 0.603. The molecule has 3 aromatic rings. The average molecular weight is 459 g/mol. The molecule has 162 valence electrons. The summed E-state index contributed by atoms with van der Waals surface area (Å²) in [6.07, 6.45) is 0.757. The van der Waals surface area contributed by atoms with Crippen molar-refractivity contribution in [3.63, 3.8) is 0 Å². The molecule has 5 rings (SSSR count). The predicted molar refractivity (Wildman–Crippen MR) is 119 cm³/mol. The molecule has 2 aromatic carbocycles. The van der Waals surface area contributed by atoms with E-state index in [4.69, 9.17) is 9.47 Å². The maximum atomic E-state index is 13.2. The van der Waals surface area contributed by atoms with Crippen molar-refractivity contribution in [3.8, 4) is 11.5 Å². The van der Waals surface area contributed by atoms with Gasteiger partial charge in [-0.05, 0) is 29.7 Å². The van der Waals surface area contributed by atoms with E-state index in [9.17, 15) is 13.2 Å². The Morgan fingerprint density at radius 2 is 1.65 bits per heavy atom. The van der Waals surface area contributed by atoms with Crippen molar-refractivity contribution >= 4 is 37.4 Å². The molecule has 0 atom stereocenters. The minimum Gasteiger partial charge on any atom is -0.490 e. The Morgan fingerprint density at radius 1 is 0.903 bits per heavy atom. The van der Waals surface area contributed by atoms with Crippen molar-refractivity contribution in [1.82, 2.24) is 9.21 Å². The topological polar surface area (TPSA) is 76.2 Å². The first kappa shape index (κ1) is 20.3. The van der Waals surface area contributed by atoms with Gasteiger partial charge >= 0.3 is 0 Å². The molecule has 1 fully saturated rings. The highest BCUT2D eigenvalue weighted by atomic mass is 32.2. The van der Waals surface area contributed by atoms with E-state index >= 15 is 0 Å². The van der Waals surface area contributed by atoms with Crippen molar-refractivity contribution in [2.75, 3.05) is 39.4 Å². The van der Waals surface area contributed by atoms with Crippen molar-refractivity contribution in [3.05, 3.63) is 53.4 Å². The van der Waals surface area contributed by atoms with Gasteiger partial charge in [-0.25, -0.2) is 8.42 Å². The van der Waals surface area contributed by atoms with Crippen molar-refractivity contribution in [2.24, 2.45) is 0 Å². The number of nitrogens with zero attached hydrogens (tertiary/aromatic N) is 2. The summed E-state index contributed by atoms with van der Waals surface area (Å²) >= 11 is 1.47. The van der Waals surface area contributed by atoms with Gasteiger partial charge in [-0.2, -0.15) is 4.31 Å². The largest absolute Gasteiger partial charge is 0.490 e. The smallest absolute Gasteiger partial charge is 0.264 e. The zero-order valence-corrected chi connectivity index (χ0v) is 18.5. The lowest BCUT2D eigenvalue weighted by molar-refractivity contribution is 0.0703. The lowest BCUT2D eigenvalue weighted by Crippen LogP contribution is -2.50. The van der Waals surface area contributed by atoms with E-state index in [1.807, 2.05) is 30.3 Å². The standard InChI is InChI=1S/C22H22N2O5S2/c25-22(21-14-16-4-1-2-5-20(16)30-21)23-8-10-24(11-9-23)31(26,27)17-6-7-18-19(15-17)29-13-3-12-28-18/h1-2,4-7,14-15H,3,8-13H2. The van der Waals surface area contributed by atoms with Crippen LogP contribution in [0.2, 0.25) is 0 Å². The van der Waals surface area contributed by atoms with Gasteiger partial charge in [0.1, 0.15) is 0 Å². The third-order valence-electron chi connectivity index (χ3n) is 5.52. The molecule has 3 heterocycles. The fraction of sp³-hybridized carbons (Fsp3) is 0.318. The summed E-state index contributed by atoms with van der Waals surface area (Å²) in [5, 5.41) is 1.05. The monoisotopic (exact) mass is 458 g/mol. The van der Waals surface area contributed by atoms with Gasteiger partial charge in [-0.1, -0.05) is 18.2 Å². The number of amides is 1. The lowest BCUT2D eigenvalue weighted by Gasteiger charge is -2.33. The van der Waals surface area contributed by atoms with Gasteiger partial charge in [0.15, 0.2) is 11.5 Å². The van der Waals surface area contributed by atoms with Gasteiger partial charge in [0.2, 0.25) is 10.0 Å². The molecule has 2 aliphatic heterocycles. The van der Waals surface area contributed by atoms with Crippen LogP contribution in [0.3, 0.4) is 0 Å². The first-order chi connectivity index (χ1) is 15.0. The number of carbonyl (C=O) groups excluding carboxylic acids is 1. The molecule has 7 nitrogen and oxygen atoms in total. The van der Waals surface area contributed by atoms with E-state index < -0.39 is 10.0 Å². The van der Waals surface area contributed by atoms with Gasteiger partial charge in [0.25, 0.3) is 5.91 Å². The number of fused-ring (bicyclic) bond motifs is 2. The van der Waals surface area contributed by atoms with E-state index in [0.717, 1.165) is 16.5 Å². The van der Waals surface area contributed by atoms with Crippen LogP contribution in [-0.2, 0) is 10.0 Å². The molecule has 0 spiro atoms. The van der Waals surface area contributed by atoms with Crippen LogP contribution in [0.4, 0.5) is 0 Å². The second kappa shape index (κ2) is 8.14. The summed E-state index contributed by atoms with van der Waals surface area (Å²) in [6, 6.07) is 14.5. The average Bonchev–Trinajstić information content (AvgIpc) is 3.09. The molecule has 0 N–H and O–H groups in total. The van der Waals surface area contributed by atoms with Crippen molar-refractivity contribution in [1.29, 1.82) is 0 Å². The second-order valence-corrected chi connectivity index (χ2v) is 10.5. The first-order valence-corrected chi connectivity index (χ1v) is 12.5. The number of hydrogen-bond acceptors (Lipinski definition) is 6. The highest BCUT2D eigenvalue weighted by Crippen LogP contribution is 2.33. The number of carbonyl (C=O) groups is 1.